The number of anilines is 1. The number of methoxy groups -OCH3 is 1. The lowest BCUT2D eigenvalue weighted by Gasteiger charge is -2.09. The van der Waals surface area contributed by atoms with Crippen LogP contribution in [0.25, 0.3) is 5.69 Å². The summed E-state index contributed by atoms with van der Waals surface area (Å²) in [7, 11) is 1.49. The van der Waals surface area contributed by atoms with Gasteiger partial charge in [-0.15, -0.1) is 5.10 Å². The van der Waals surface area contributed by atoms with Gasteiger partial charge in [-0.05, 0) is 18.2 Å². The number of nitrogens with zero attached hydrogens (tertiary/aromatic N) is 3. The summed E-state index contributed by atoms with van der Waals surface area (Å²) in [6, 6.07) is 4.91. The van der Waals surface area contributed by atoms with Gasteiger partial charge in [0, 0.05) is 5.02 Å². The summed E-state index contributed by atoms with van der Waals surface area (Å²) in [5.41, 5.74) is 11.2. The minimum atomic E-state index is -0.750. The van der Waals surface area contributed by atoms with Crippen LogP contribution in [0, 0.1) is 0 Å². The lowest BCUT2D eigenvalue weighted by molar-refractivity contribution is 0.0996. The first-order valence-corrected chi connectivity index (χ1v) is 5.27. The Morgan fingerprint density at radius 2 is 2.22 bits per heavy atom. The van der Waals surface area contributed by atoms with Crippen LogP contribution in [0.4, 0.5) is 5.82 Å². The molecule has 1 aromatic carbocycles. The monoisotopic (exact) mass is 267 g/mol. The van der Waals surface area contributed by atoms with E-state index in [1.807, 2.05) is 0 Å². The van der Waals surface area contributed by atoms with Gasteiger partial charge in [-0.25, -0.2) is 0 Å². The summed E-state index contributed by atoms with van der Waals surface area (Å²) < 4.78 is 6.40. The van der Waals surface area contributed by atoms with Crippen LogP contribution < -0.4 is 16.2 Å². The molecule has 0 aliphatic carbocycles. The van der Waals surface area contributed by atoms with Crippen molar-refractivity contribution >= 4 is 23.3 Å². The molecule has 0 radical (unpaired) electrons. The van der Waals surface area contributed by atoms with Gasteiger partial charge < -0.3 is 16.2 Å². The highest BCUT2D eigenvalue weighted by Gasteiger charge is 2.18. The third-order valence-corrected chi connectivity index (χ3v) is 2.54. The second-order valence-corrected chi connectivity index (χ2v) is 3.85. The zero-order chi connectivity index (χ0) is 13.3. The van der Waals surface area contributed by atoms with Crippen molar-refractivity contribution in [2.24, 2.45) is 5.73 Å². The van der Waals surface area contributed by atoms with Gasteiger partial charge in [0.25, 0.3) is 5.91 Å². The van der Waals surface area contributed by atoms with Crippen LogP contribution in [-0.4, -0.2) is 28.0 Å². The highest BCUT2D eigenvalue weighted by atomic mass is 35.5. The fourth-order valence-corrected chi connectivity index (χ4v) is 1.64. The lowest BCUT2D eigenvalue weighted by Crippen LogP contribution is -2.14. The summed E-state index contributed by atoms with van der Waals surface area (Å²) in [5.74, 6) is -0.227. The molecule has 1 heterocycles. The molecule has 0 fully saturated rings. The van der Waals surface area contributed by atoms with E-state index in [1.54, 1.807) is 18.2 Å². The van der Waals surface area contributed by atoms with E-state index in [9.17, 15) is 4.79 Å². The largest absolute Gasteiger partial charge is 0.494 e. The number of amides is 1. The summed E-state index contributed by atoms with van der Waals surface area (Å²) >= 11 is 5.90. The minimum absolute atomic E-state index is 0.0306. The van der Waals surface area contributed by atoms with Gasteiger partial charge in [0.15, 0.2) is 11.5 Å². The van der Waals surface area contributed by atoms with E-state index < -0.39 is 5.91 Å². The summed E-state index contributed by atoms with van der Waals surface area (Å²) in [5, 5.41) is 7.84. The predicted octanol–water partition coefficient (Wildman–Crippen LogP) is 0.610. The number of halogens is 1. The number of nitrogen functional groups attached to an aromatic ring is 1. The Hall–Kier alpha value is -2.28. The zero-order valence-electron chi connectivity index (χ0n) is 9.42. The van der Waals surface area contributed by atoms with Gasteiger partial charge in [-0.2, -0.15) is 4.68 Å². The van der Waals surface area contributed by atoms with E-state index in [0.717, 1.165) is 0 Å². The summed E-state index contributed by atoms with van der Waals surface area (Å²) in [6.07, 6.45) is 0. The van der Waals surface area contributed by atoms with Gasteiger partial charge in [-0.1, -0.05) is 16.8 Å². The fourth-order valence-electron chi connectivity index (χ4n) is 1.47. The van der Waals surface area contributed by atoms with Crippen LogP contribution in [-0.2, 0) is 0 Å². The first-order chi connectivity index (χ1) is 8.54. The number of ether oxygens (including phenoxy) is 1. The van der Waals surface area contributed by atoms with Crippen molar-refractivity contribution in [3.63, 3.8) is 0 Å². The van der Waals surface area contributed by atoms with E-state index in [0.29, 0.717) is 16.5 Å². The Labute approximate surface area is 107 Å². The Morgan fingerprint density at radius 3 is 2.78 bits per heavy atom. The van der Waals surface area contributed by atoms with E-state index >= 15 is 0 Å². The molecule has 94 valence electrons. The highest BCUT2D eigenvalue weighted by Crippen LogP contribution is 2.27. The SMILES string of the molecule is COc1ccc(Cl)cc1-n1nnc(C(N)=O)c1N. The molecule has 2 aromatic rings. The first-order valence-electron chi connectivity index (χ1n) is 4.89. The van der Waals surface area contributed by atoms with Crippen LogP contribution in [0.2, 0.25) is 5.02 Å². The average Bonchev–Trinajstić information content (AvgIpc) is 2.71. The predicted molar refractivity (Wildman–Crippen MR) is 65.9 cm³/mol. The quantitative estimate of drug-likeness (QED) is 0.847. The molecule has 2 rings (SSSR count). The number of nitrogens with two attached hydrogens (primary N) is 2. The maximum Gasteiger partial charge on any atom is 0.273 e. The molecule has 7 nitrogen and oxygen atoms in total. The fraction of sp³-hybridized carbons (Fsp3) is 0.100. The Balaban J connectivity index is 2.61. The van der Waals surface area contributed by atoms with E-state index in [1.165, 1.54) is 11.8 Å². The highest BCUT2D eigenvalue weighted by molar-refractivity contribution is 6.30. The Morgan fingerprint density at radius 1 is 1.50 bits per heavy atom. The van der Waals surface area contributed by atoms with E-state index in [4.69, 9.17) is 27.8 Å². The number of rotatable bonds is 3. The molecule has 8 heteroatoms. The minimum Gasteiger partial charge on any atom is -0.494 e. The molecule has 0 aliphatic rings. The molecule has 18 heavy (non-hydrogen) atoms. The molecule has 0 saturated carbocycles. The van der Waals surface area contributed by atoms with Crippen LogP contribution in [0.5, 0.6) is 5.75 Å². The van der Waals surface area contributed by atoms with Gasteiger partial charge >= 0.3 is 0 Å². The van der Waals surface area contributed by atoms with Crippen molar-refractivity contribution in [2.75, 3.05) is 12.8 Å². The molecule has 0 saturated heterocycles. The number of carbonyl (C=O) groups excluding carboxylic acids is 1. The number of carbonyl (C=O) groups is 1. The maximum atomic E-state index is 11.1. The van der Waals surface area contributed by atoms with Crippen LogP contribution >= 0.6 is 11.6 Å². The van der Waals surface area contributed by atoms with Gasteiger partial charge in [0.2, 0.25) is 0 Å². The van der Waals surface area contributed by atoms with E-state index in [-0.39, 0.29) is 11.5 Å². The smallest absolute Gasteiger partial charge is 0.273 e. The molecule has 4 N–H and O–H groups in total. The van der Waals surface area contributed by atoms with Gasteiger partial charge in [-0.3, -0.25) is 4.79 Å². The number of hydrogen-bond donors (Lipinski definition) is 2. The molecule has 0 bridgehead atoms. The van der Waals surface area contributed by atoms with Crippen LogP contribution in [0.15, 0.2) is 18.2 Å². The molecular formula is C10H10ClN5O2. The van der Waals surface area contributed by atoms with Gasteiger partial charge in [0.05, 0.1) is 7.11 Å². The normalized spacial score (nSPS) is 10.3. The second kappa shape index (κ2) is 4.53. The van der Waals surface area contributed by atoms with Crippen molar-refractivity contribution in [1.82, 2.24) is 15.0 Å². The summed E-state index contributed by atoms with van der Waals surface area (Å²) in [4.78, 5) is 11.1. The number of hydrogen-bond acceptors (Lipinski definition) is 5. The molecule has 0 aliphatic heterocycles. The van der Waals surface area contributed by atoms with Crippen molar-refractivity contribution in [3.05, 3.63) is 28.9 Å². The maximum absolute atomic E-state index is 11.1. The molecule has 0 unspecified atom stereocenters. The Bertz CT molecular complexity index is 610. The molecular weight excluding hydrogens is 258 g/mol. The average molecular weight is 268 g/mol. The van der Waals surface area contributed by atoms with Crippen molar-refractivity contribution in [2.45, 2.75) is 0 Å². The second-order valence-electron chi connectivity index (χ2n) is 3.42. The van der Waals surface area contributed by atoms with Gasteiger partial charge in [0.1, 0.15) is 11.4 Å². The molecule has 0 spiro atoms. The van der Waals surface area contributed by atoms with Crippen molar-refractivity contribution in [1.29, 1.82) is 0 Å². The number of benzene rings is 1. The molecule has 1 amide bonds. The van der Waals surface area contributed by atoms with Crippen molar-refractivity contribution < 1.29 is 9.53 Å². The summed E-state index contributed by atoms with van der Waals surface area (Å²) in [6.45, 7) is 0. The number of primary amides is 1. The van der Waals surface area contributed by atoms with Crippen LogP contribution in [0.3, 0.4) is 0 Å². The lowest BCUT2D eigenvalue weighted by atomic mass is 10.3. The molecule has 0 atom stereocenters. The van der Waals surface area contributed by atoms with E-state index in [2.05, 4.69) is 10.3 Å². The number of aromatic nitrogens is 3. The zero-order valence-corrected chi connectivity index (χ0v) is 10.2. The topological polar surface area (TPSA) is 109 Å². The third-order valence-electron chi connectivity index (χ3n) is 2.31. The van der Waals surface area contributed by atoms with Crippen LogP contribution in [0.1, 0.15) is 10.5 Å². The Kier molecular flexibility index (Phi) is 3.07. The third kappa shape index (κ3) is 1.95. The first kappa shape index (κ1) is 12.2. The standard InChI is InChI=1S/C10H10ClN5O2/c1-18-7-3-2-5(11)4-6(7)16-9(12)8(10(13)17)14-15-16/h2-4H,12H2,1H3,(H2,13,17). The molecule has 1 aromatic heterocycles. The van der Waals surface area contributed by atoms with Crippen molar-refractivity contribution in [3.8, 4) is 11.4 Å².